The Kier molecular flexibility index (Phi) is 3.08. The smallest absolute Gasteiger partial charge is 0.417 e. The molecule has 0 spiro atoms. The van der Waals surface area contributed by atoms with Crippen molar-refractivity contribution in [2.75, 3.05) is 0 Å². The van der Waals surface area contributed by atoms with E-state index in [4.69, 9.17) is 5.11 Å². The van der Waals surface area contributed by atoms with Gasteiger partial charge >= 0.3 is 12.1 Å². The Labute approximate surface area is 104 Å². The van der Waals surface area contributed by atoms with Crippen LogP contribution in [-0.4, -0.2) is 16.1 Å². The average Bonchev–Trinajstić information content (AvgIpc) is 2.76. The predicted molar refractivity (Wildman–Crippen MR) is 59.5 cm³/mol. The molecule has 7 heteroatoms. The maximum Gasteiger partial charge on any atom is 0.417 e. The van der Waals surface area contributed by atoms with Crippen LogP contribution in [0.15, 0.2) is 29.9 Å². The molecule has 2 aromatic heterocycles. The summed E-state index contributed by atoms with van der Waals surface area (Å²) in [6.07, 6.45) is -2.49. The first-order valence-electron chi connectivity index (χ1n) is 4.73. The molecular weight excluding hydrogens is 267 g/mol. The Morgan fingerprint density at radius 3 is 2.61 bits per heavy atom. The van der Waals surface area contributed by atoms with Gasteiger partial charge in [-0.25, -0.2) is 4.79 Å². The normalized spacial score (nSPS) is 11.5. The first kappa shape index (κ1) is 12.6. The molecule has 94 valence electrons. The molecule has 0 aliphatic rings. The van der Waals surface area contributed by atoms with Crippen LogP contribution in [-0.2, 0) is 6.18 Å². The fraction of sp³-hybridized carbons (Fsp3) is 0.0909. The van der Waals surface area contributed by atoms with E-state index < -0.39 is 17.7 Å². The second kappa shape index (κ2) is 4.41. The number of pyridine rings is 1. The average molecular weight is 273 g/mol. The Morgan fingerprint density at radius 2 is 2.00 bits per heavy atom. The number of rotatable bonds is 2. The maximum atomic E-state index is 12.8. The summed E-state index contributed by atoms with van der Waals surface area (Å²) in [5, 5.41) is 10.4. The highest BCUT2D eigenvalue weighted by atomic mass is 32.1. The van der Waals surface area contributed by atoms with Gasteiger partial charge in [-0.2, -0.15) is 13.2 Å². The van der Waals surface area contributed by atoms with E-state index in [2.05, 4.69) is 4.98 Å². The summed E-state index contributed by atoms with van der Waals surface area (Å²) in [6, 6.07) is 2.18. The molecule has 2 rings (SSSR count). The van der Waals surface area contributed by atoms with E-state index in [0.29, 0.717) is 0 Å². The molecule has 2 aromatic rings. The molecule has 0 saturated heterocycles. The molecule has 0 amide bonds. The van der Waals surface area contributed by atoms with Crippen molar-refractivity contribution in [2.45, 2.75) is 6.18 Å². The standard InChI is InChI=1S/C11H6F3NO2S/c12-11(13,14)8-1-3-15-5-7(8)6-2-4-18-9(6)10(16)17/h1-5H,(H,16,17). The fourth-order valence-corrected chi connectivity index (χ4v) is 2.29. The van der Waals surface area contributed by atoms with Crippen LogP contribution in [0.5, 0.6) is 0 Å². The monoisotopic (exact) mass is 273 g/mol. The minimum Gasteiger partial charge on any atom is -0.477 e. The largest absolute Gasteiger partial charge is 0.477 e. The van der Waals surface area contributed by atoms with Crippen molar-refractivity contribution in [3.05, 3.63) is 40.3 Å². The number of thiophene rings is 1. The number of hydrogen-bond acceptors (Lipinski definition) is 3. The van der Waals surface area contributed by atoms with Gasteiger partial charge in [0.15, 0.2) is 0 Å². The number of carbonyl (C=O) groups is 1. The van der Waals surface area contributed by atoms with Crippen LogP contribution < -0.4 is 0 Å². The van der Waals surface area contributed by atoms with Crippen LogP contribution in [0.3, 0.4) is 0 Å². The quantitative estimate of drug-likeness (QED) is 0.910. The number of halogens is 3. The van der Waals surface area contributed by atoms with Crippen LogP contribution in [0.25, 0.3) is 11.1 Å². The molecule has 18 heavy (non-hydrogen) atoms. The lowest BCUT2D eigenvalue weighted by Crippen LogP contribution is -2.08. The van der Waals surface area contributed by atoms with E-state index in [1.165, 1.54) is 11.4 Å². The van der Waals surface area contributed by atoms with E-state index in [-0.39, 0.29) is 16.0 Å². The van der Waals surface area contributed by atoms with E-state index in [1.807, 2.05) is 0 Å². The summed E-state index contributed by atoms with van der Waals surface area (Å²) in [6.45, 7) is 0. The molecule has 0 aliphatic carbocycles. The van der Waals surface area contributed by atoms with Crippen molar-refractivity contribution >= 4 is 17.3 Å². The molecular formula is C11H6F3NO2S. The predicted octanol–water partition coefficient (Wildman–Crippen LogP) is 3.53. The minimum atomic E-state index is -4.55. The molecule has 2 heterocycles. The first-order chi connectivity index (χ1) is 8.41. The van der Waals surface area contributed by atoms with E-state index in [1.54, 1.807) is 0 Å². The molecule has 0 unspecified atom stereocenters. The number of aromatic carboxylic acids is 1. The number of carboxylic acids is 1. The third-order valence-corrected chi connectivity index (χ3v) is 3.18. The first-order valence-corrected chi connectivity index (χ1v) is 5.61. The molecule has 0 aromatic carbocycles. The van der Waals surface area contributed by atoms with Gasteiger partial charge in [-0.1, -0.05) is 0 Å². The molecule has 3 nitrogen and oxygen atoms in total. The van der Waals surface area contributed by atoms with Crippen molar-refractivity contribution in [3.63, 3.8) is 0 Å². The number of hydrogen-bond donors (Lipinski definition) is 1. The van der Waals surface area contributed by atoms with Gasteiger partial charge < -0.3 is 5.11 Å². The molecule has 0 fully saturated rings. The Balaban J connectivity index is 2.65. The van der Waals surface area contributed by atoms with Crippen molar-refractivity contribution in [1.29, 1.82) is 0 Å². The molecule has 0 radical (unpaired) electrons. The summed E-state index contributed by atoms with van der Waals surface area (Å²) in [5.74, 6) is -1.25. The van der Waals surface area contributed by atoms with Crippen LogP contribution in [0, 0.1) is 0 Å². The van der Waals surface area contributed by atoms with Gasteiger partial charge in [-0.05, 0) is 17.5 Å². The van der Waals surface area contributed by atoms with Gasteiger partial charge in [-0.3, -0.25) is 4.98 Å². The molecule has 0 atom stereocenters. The number of aromatic nitrogens is 1. The van der Waals surface area contributed by atoms with Crippen molar-refractivity contribution in [3.8, 4) is 11.1 Å². The number of alkyl halides is 3. The summed E-state index contributed by atoms with van der Waals surface area (Å²) in [7, 11) is 0. The SMILES string of the molecule is O=C(O)c1sccc1-c1cnccc1C(F)(F)F. The van der Waals surface area contributed by atoms with E-state index in [0.717, 1.165) is 29.8 Å². The van der Waals surface area contributed by atoms with Crippen molar-refractivity contribution in [2.24, 2.45) is 0 Å². The highest BCUT2D eigenvalue weighted by Gasteiger charge is 2.34. The molecule has 1 N–H and O–H groups in total. The molecule has 0 aliphatic heterocycles. The Bertz CT molecular complexity index is 592. The summed E-state index contributed by atoms with van der Waals surface area (Å²) < 4.78 is 38.4. The van der Waals surface area contributed by atoms with Gasteiger partial charge in [0.25, 0.3) is 0 Å². The molecule has 0 saturated carbocycles. The summed E-state index contributed by atoms with van der Waals surface area (Å²) in [5.41, 5.74) is -1.07. The second-order valence-corrected chi connectivity index (χ2v) is 4.30. The van der Waals surface area contributed by atoms with E-state index in [9.17, 15) is 18.0 Å². The highest BCUT2D eigenvalue weighted by Crippen LogP contribution is 2.38. The Morgan fingerprint density at radius 1 is 1.28 bits per heavy atom. The summed E-state index contributed by atoms with van der Waals surface area (Å²) >= 11 is 0.877. The van der Waals surface area contributed by atoms with Gasteiger partial charge in [0.2, 0.25) is 0 Å². The Hall–Kier alpha value is -1.89. The summed E-state index contributed by atoms with van der Waals surface area (Å²) in [4.78, 5) is 14.4. The highest BCUT2D eigenvalue weighted by molar-refractivity contribution is 7.12. The second-order valence-electron chi connectivity index (χ2n) is 3.39. The molecule has 0 bridgehead atoms. The lowest BCUT2D eigenvalue weighted by molar-refractivity contribution is -0.137. The van der Waals surface area contributed by atoms with Gasteiger partial charge in [0.1, 0.15) is 4.88 Å². The van der Waals surface area contributed by atoms with Crippen LogP contribution in [0.4, 0.5) is 13.2 Å². The van der Waals surface area contributed by atoms with Crippen LogP contribution in [0.1, 0.15) is 15.2 Å². The minimum absolute atomic E-state index is 0.0351. The lowest BCUT2D eigenvalue weighted by atomic mass is 10.0. The van der Waals surface area contributed by atoms with Gasteiger partial charge in [0, 0.05) is 23.5 Å². The van der Waals surface area contributed by atoms with Crippen molar-refractivity contribution in [1.82, 2.24) is 4.98 Å². The van der Waals surface area contributed by atoms with Gasteiger partial charge in [-0.15, -0.1) is 11.3 Å². The fourth-order valence-electron chi connectivity index (χ4n) is 1.54. The van der Waals surface area contributed by atoms with Gasteiger partial charge in [0.05, 0.1) is 5.56 Å². The third-order valence-electron chi connectivity index (χ3n) is 2.28. The number of nitrogens with zero attached hydrogens (tertiary/aromatic N) is 1. The topological polar surface area (TPSA) is 50.2 Å². The maximum absolute atomic E-state index is 12.8. The van der Waals surface area contributed by atoms with Crippen molar-refractivity contribution < 1.29 is 23.1 Å². The van der Waals surface area contributed by atoms with Crippen LogP contribution >= 0.6 is 11.3 Å². The van der Waals surface area contributed by atoms with Crippen LogP contribution in [0.2, 0.25) is 0 Å². The van der Waals surface area contributed by atoms with E-state index >= 15 is 0 Å². The third kappa shape index (κ3) is 2.21. The zero-order chi connectivity index (χ0) is 13.3. The number of carboxylic acid groups (broad SMARTS) is 1. The lowest BCUT2D eigenvalue weighted by Gasteiger charge is -2.11. The zero-order valence-corrected chi connectivity index (χ0v) is 9.55. The zero-order valence-electron chi connectivity index (χ0n) is 8.73.